The Morgan fingerprint density at radius 2 is 1.82 bits per heavy atom. The van der Waals surface area contributed by atoms with Crippen LogP contribution in [0.4, 0.5) is 24.0 Å². The molecule has 1 aromatic heterocycles. The third-order valence-corrected chi connectivity index (χ3v) is 6.64. The highest BCUT2D eigenvalue weighted by Crippen LogP contribution is 2.33. The largest absolute Gasteiger partial charge is 0.497 e. The summed E-state index contributed by atoms with van der Waals surface area (Å²) in [5.74, 6) is -0.128. The lowest BCUT2D eigenvalue weighted by Gasteiger charge is -2.28. The average Bonchev–Trinajstić information content (AvgIpc) is 3.21. The molecule has 1 atom stereocenters. The molecule has 0 saturated carbocycles. The SMILES string of the molecule is COc1ccc(-c2nnc(NC(=O)C(C)N(c3cccc(C(F)(F)F)c3)S(C)(=O)=O)s2)cc1. The lowest BCUT2D eigenvalue weighted by molar-refractivity contribution is -0.137. The number of carbonyl (C=O) groups excluding carboxylic acids is 1. The van der Waals surface area contributed by atoms with E-state index in [1.165, 1.54) is 20.1 Å². The Labute approximate surface area is 192 Å². The van der Waals surface area contributed by atoms with Crippen molar-refractivity contribution in [3.63, 3.8) is 0 Å². The third-order valence-electron chi connectivity index (χ3n) is 4.51. The number of hydrogen-bond donors (Lipinski definition) is 1. The molecule has 0 aliphatic rings. The molecular weight excluding hydrogens is 481 g/mol. The van der Waals surface area contributed by atoms with Crippen LogP contribution in [0.25, 0.3) is 10.6 Å². The molecule has 0 radical (unpaired) electrons. The summed E-state index contributed by atoms with van der Waals surface area (Å²) < 4.78 is 69.7. The minimum atomic E-state index is -4.67. The first-order chi connectivity index (χ1) is 15.4. The van der Waals surface area contributed by atoms with Gasteiger partial charge in [-0.25, -0.2) is 8.42 Å². The maximum Gasteiger partial charge on any atom is 0.416 e. The van der Waals surface area contributed by atoms with Crippen LogP contribution in [0, 0.1) is 0 Å². The standard InChI is InChI=1S/C20H19F3N4O4S2/c1-12(27(33(3,29)30)15-6-4-5-14(11-15)20(21,22)23)17(28)24-19-26-25-18(32-19)13-7-9-16(31-2)10-8-13/h4-12H,1-3H3,(H,24,26,28). The van der Waals surface area contributed by atoms with Gasteiger partial charge in [-0.3, -0.25) is 14.4 Å². The zero-order valence-electron chi connectivity index (χ0n) is 17.6. The van der Waals surface area contributed by atoms with Gasteiger partial charge in [-0.1, -0.05) is 17.4 Å². The number of alkyl halides is 3. The normalized spacial score (nSPS) is 12.8. The molecule has 1 unspecified atom stereocenters. The number of halogens is 3. The molecule has 8 nitrogen and oxygen atoms in total. The molecule has 3 aromatic rings. The molecule has 1 N–H and O–H groups in total. The lowest BCUT2D eigenvalue weighted by atomic mass is 10.2. The van der Waals surface area contributed by atoms with Crippen LogP contribution in [0.5, 0.6) is 5.75 Å². The highest BCUT2D eigenvalue weighted by Gasteiger charge is 2.34. The fourth-order valence-corrected chi connectivity index (χ4v) is 4.88. The van der Waals surface area contributed by atoms with Crippen molar-refractivity contribution in [3.8, 4) is 16.3 Å². The van der Waals surface area contributed by atoms with E-state index in [0.717, 1.165) is 35.3 Å². The maximum absolute atomic E-state index is 13.1. The fraction of sp³-hybridized carbons (Fsp3) is 0.250. The maximum atomic E-state index is 13.1. The van der Waals surface area contributed by atoms with Gasteiger partial charge in [-0.15, -0.1) is 10.2 Å². The molecule has 0 bridgehead atoms. The van der Waals surface area contributed by atoms with Crippen molar-refractivity contribution in [2.75, 3.05) is 23.0 Å². The predicted molar refractivity (Wildman–Crippen MR) is 119 cm³/mol. The summed E-state index contributed by atoms with van der Waals surface area (Å²) in [5.41, 5.74) is -0.593. The summed E-state index contributed by atoms with van der Waals surface area (Å²) in [6, 6.07) is 9.37. The van der Waals surface area contributed by atoms with Crippen molar-refractivity contribution in [3.05, 3.63) is 54.1 Å². The third kappa shape index (κ3) is 5.79. The van der Waals surface area contributed by atoms with Gasteiger partial charge in [0, 0.05) is 5.56 Å². The Hall–Kier alpha value is -3.19. The molecule has 0 saturated heterocycles. The summed E-state index contributed by atoms with van der Waals surface area (Å²) in [6.45, 7) is 1.27. The van der Waals surface area contributed by atoms with E-state index >= 15 is 0 Å². The molecule has 176 valence electrons. The number of amides is 1. The second-order valence-electron chi connectivity index (χ2n) is 6.91. The van der Waals surface area contributed by atoms with Gasteiger partial charge in [-0.05, 0) is 49.4 Å². The number of carbonyl (C=O) groups is 1. The molecule has 0 fully saturated rings. The van der Waals surface area contributed by atoms with Crippen LogP contribution in [0.2, 0.25) is 0 Å². The molecule has 13 heteroatoms. The molecular formula is C20H19F3N4O4S2. The summed E-state index contributed by atoms with van der Waals surface area (Å²) >= 11 is 1.05. The Morgan fingerprint density at radius 1 is 1.15 bits per heavy atom. The van der Waals surface area contributed by atoms with Gasteiger partial charge in [0.1, 0.15) is 16.8 Å². The fourth-order valence-electron chi connectivity index (χ4n) is 2.96. The van der Waals surface area contributed by atoms with E-state index < -0.39 is 33.7 Å². The average molecular weight is 501 g/mol. The monoisotopic (exact) mass is 500 g/mol. The van der Waals surface area contributed by atoms with Crippen molar-refractivity contribution in [2.45, 2.75) is 19.1 Å². The molecule has 0 spiro atoms. The Balaban J connectivity index is 1.83. The van der Waals surface area contributed by atoms with Crippen LogP contribution >= 0.6 is 11.3 Å². The van der Waals surface area contributed by atoms with Gasteiger partial charge in [0.25, 0.3) is 0 Å². The second-order valence-corrected chi connectivity index (χ2v) is 9.75. The van der Waals surface area contributed by atoms with Crippen molar-refractivity contribution in [1.29, 1.82) is 0 Å². The van der Waals surface area contributed by atoms with Crippen LogP contribution in [0.1, 0.15) is 12.5 Å². The number of benzene rings is 2. The van der Waals surface area contributed by atoms with E-state index in [4.69, 9.17) is 4.74 Å². The van der Waals surface area contributed by atoms with Gasteiger partial charge < -0.3 is 4.74 Å². The Kier molecular flexibility index (Phi) is 6.93. The molecule has 2 aromatic carbocycles. The minimum absolute atomic E-state index is 0.107. The van der Waals surface area contributed by atoms with Crippen molar-refractivity contribution >= 4 is 38.1 Å². The van der Waals surface area contributed by atoms with Crippen LogP contribution in [0.3, 0.4) is 0 Å². The van der Waals surface area contributed by atoms with E-state index in [2.05, 4.69) is 15.5 Å². The van der Waals surface area contributed by atoms with E-state index in [9.17, 15) is 26.4 Å². The Morgan fingerprint density at radius 3 is 2.39 bits per heavy atom. The van der Waals surface area contributed by atoms with E-state index in [1.54, 1.807) is 24.3 Å². The number of nitrogens with one attached hydrogen (secondary N) is 1. The number of nitrogens with zero attached hydrogens (tertiary/aromatic N) is 3. The summed E-state index contributed by atoms with van der Waals surface area (Å²) in [4.78, 5) is 12.8. The van der Waals surface area contributed by atoms with Gasteiger partial charge in [-0.2, -0.15) is 13.2 Å². The molecule has 3 rings (SSSR count). The second kappa shape index (κ2) is 9.35. The number of aromatic nitrogens is 2. The number of sulfonamides is 1. The van der Waals surface area contributed by atoms with Gasteiger partial charge >= 0.3 is 6.18 Å². The highest BCUT2D eigenvalue weighted by molar-refractivity contribution is 7.92. The molecule has 1 amide bonds. The van der Waals surface area contributed by atoms with E-state index in [-0.39, 0.29) is 10.8 Å². The van der Waals surface area contributed by atoms with Crippen LogP contribution in [0.15, 0.2) is 48.5 Å². The highest BCUT2D eigenvalue weighted by atomic mass is 32.2. The summed E-state index contributed by atoms with van der Waals surface area (Å²) in [7, 11) is -2.56. The van der Waals surface area contributed by atoms with Gasteiger partial charge in [0.15, 0.2) is 0 Å². The zero-order chi connectivity index (χ0) is 24.4. The number of ether oxygens (including phenoxy) is 1. The van der Waals surface area contributed by atoms with Crippen molar-refractivity contribution in [2.24, 2.45) is 0 Å². The van der Waals surface area contributed by atoms with E-state index in [0.29, 0.717) is 21.1 Å². The van der Waals surface area contributed by atoms with Crippen LogP contribution < -0.4 is 14.4 Å². The number of rotatable bonds is 7. The Bertz CT molecular complexity index is 1240. The predicted octanol–water partition coefficient (Wildman–Crippen LogP) is 4.03. The minimum Gasteiger partial charge on any atom is -0.497 e. The van der Waals surface area contributed by atoms with Gasteiger partial charge in [0.05, 0.1) is 24.6 Å². The smallest absolute Gasteiger partial charge is 0.416 e. The number of hydrogen-bond acceptors (Lipinski definition) is 7. The number of methoxy groups -OCH3 is 1. The molecule has 0 aliphatic heterocycles. The molecule has 33 heavy (non-hydrogen) atoms. The number of anilines is 2. The van der Waals surface area contributed by atoms with Gasteiger partial charge in [0.2, 0.25) is 21.1 Å². The summed E-state index contributed by atoms with van der Waals surface area (Å²) in [6.07, 6.45) is -3.86. The van der Waals surface area contributed by atoms with E-state index in [1.807, 2.05) is 0 Å². The first-order valence-corrected chi connectivity index (χ1v) is 12.0. The molecule has 0 aliphatic carbocycles. The van der Waals surface area contributed by atoms with Crippen molar-refractivity contribution < 1.29 is 31.1 Å². The zero-order valence-corrected chi connectivity index (χ0v) is 19.3. The van der Waals surface area contributed by atoms with Crippen molar-refractivity contribution in [1.82, 2.24) is 10.2 Å². The molecule has 1 heterocycles. The van der Waals surface area contributed by atoms with Crippen LogP contribution in [-0.2, 0) is 21.0 Å². The summed E-state index contributed by atoms with van der Waals surface area (Å²) in [5, 5.41) is 11.0. The quantitative estimate of drug-likeness (QED) is 0.526. The van der Waals surface area contributed by atoms with Crippen LogP contribution in [-0.4, -0.2) is 43.9 Å². The first-order valence-electron chi connectivity index (χ1n) is 9.35. The lowest BCUT2D eigenvalue weighted by Crippen LogP contribution is -2.45. The topological polar surface area (TPSA) is 101 Å². The first kappa shape index (κ1) is 24.5.